The van der Waals surface area contributed by atoms with E-state index < -0.39 is 5.91 Å². The monoisotopic (exact) mass is 547 g/mol. The lowest BCUT2D eigenvalue weighted by Gasteiger charge is -2.19. The Hall–Kier alpha value is -4.86. The first-order chi connectivity index (χ1) is 20.0. The fourth-order valence-corrected chi connectivity index (χ4v) is 4.72. The molecule has 1 saturated heterocycles. The second-order valence-electron chi connectivity index (χ2n) is 9.63. The smallest absolute Gasteiger partial charge is 0.240 e. The van der Waals surface area contributed by atoms with Crippen LogP contribution in [0.5, 0.6) is 0 Å². The van der Waals surface area contributed by atoms with E-state index in [1.165, 1.54) is 5.56 Å². The minimum Gasteiger partial charge on any atom is -0.383 e. The zero-order valence-electron chi connectivity index (χ0n) is 22.8. The van der Waals surface area contributed by atoms with Crippen LogP contribution in [0.1, 0.15) is 12.0 Å². The number of nitrogens with two attached hydrogens (primary N) is 2. The van der Waals surface area contributed by atoms with Gasteiger partial charge in [0.1, 0.15) is 11.3 Å². The van der Waals surface area contributed by atoms with Crippen molar-refractivity contribution in [1.82, 2.24) is 24.4 Å². The number of amides is 1. The fraction of sp³-hybridized carbons (Fsp3) is 0.188. The van der Waals surface area contributed by atoms with Crippen LogP contribution in [-0.4, -0.2) is 56.6 Å². The number of anilines is 1. The Balaban J connectivity index is 0.000000623. The molecule has 0 saturated carbocycles. The van der Waals surface area contributed by atoms with Gasteiger partial charge < -0.3 is 16.2 Å². The third-order valence-corrected chi connectivity index (χ3v) is 6.77. The first kappa shape index (κ1) is 27.7. The second-order valence-corrected chi connectivity index (χ2v) is 9.63. The number of ether oxygens (including phenoxy) is 1. The van der Waals surface area contributed by atoms with Crippen molar-refractivity contribution < 1.29 is 9.53 Å². The first-order valence-corrected chi connectivity index (χ1v) is 13.5. The zero-order chi connectivity index (χ0) is 28.6. The summed E-state index contributed by atoms with van der Waals surface area (Å²) in [5.74, 6) is 0.688. The number of aromatic nitrogens is 4. The number of fused-ring (bicyclic) bond motifs is 1. The molecular formula is C32H33N7O2. The fourth-order valence-electron chi connectivity index (χ4n) is 4.72. The number of benzene rings is 2. The van der Waals surface area contributed by atoms with Crippen LogP contribution < -0.4 is 11.5 Å². The highest BCUT2D eigenvalue weighted by Gasteiger charge is 2.19. The molecule has 9 heteroatoms. The summed E-state index contributed by atoms with van der Waals surface area (Å²) in [6.07, 6.45) is 3.82. The number of pyridine rings is 2. The topological polar surface area (TPSA) is 125 Å². The summed E-state index contributed by atoms with van der Waals surface area (Å²) in [6, 6.07) is 26.7. The maximum atomic E-state index is 9.47. The molecule has 208 valence electrons. The molecule has 0 atom stereocenters. The van der Waals surface area contributed by atoms with E-state index in [1.54, 1.807) is 6.20 Å². The Kier molecular flexibility index (Phi) is 8.78. The Labute approximate surface area is 239 Å². The Morgan fingerprint density at radius 2 is 1.73 bits per heavy atom. The van der Waals surface area contributed by atoms with Gasteiger partial charge in [0.05, 0.1) is 17.9 Å². The third-order valence-electron chi connectivity index (χ3n) is 6.77. The van der Waals surface area contributed by atoms with Gasteiger partial charge in [-0.3, -0.25) is 14.3 Å². The van der Waals surface area contributed by atoms with Gasteiger partial charge in [-0.05, 0) is 54.5 Å². The summed E-state index contributed by atoms with van der Waals surface area (Å²) in [6.45, 7) is 7.66. The molecule has 1 aliphatic rings. The first-order valence-electron chi connectivity index (χ1n) is 13.5. The average molecular weight is 548 g/mol. The van der Waals surface area contributed by atoms with Crippen molar-refractivity contribution in [3.63, 3.8) is 0 Å². The lowest BCUT2D eigenvalue weighted by molar-refractivity contribution is -0.113. The van der Waals surface area contributed by atoms with Crippen molar-refractivity contribution in [2.45, 2.75) is 13.0 Å². The number of nitrogen functional groups attached to an aromatic ring is 1. The molecule has 3 aromatic heterocycles. The van der Waals surface area contributed by atoms with E-state index in [2.05, 4.69) is 63.2 Å². The Bertz CT molecular complexity index is 1620. The number of carbonyl (C=O) groups is 1. The number of hydrogen-bond acceptors (Lipinski definition) is 7. The number of primary amides is 1. The number of rotatable bonds is 6. The Morgan fingerprint density at radius 3 is 2.46 bits per heavy atom. The molecular weight excluding hydrogens is 514 g/mol. The van der Waals surface area contributed by atoms with Crippen molar-refractivity contribution in [3.8, 4) is 28.3 Å². The Morgan fingerprint density at radius 1 is 0.951 bits per heavy atom. The van der Waals surface area contributed by atoms with E-state index in [9.17, 15) is 4.79 Å². The molecule has 6 rings (SSSR count). The van der Waals surface area contributed by atoms with Crippen molar-refractivity contribution in [3.05, 3.63) is 103 Å². The average Bonchev–Trinajstić information content (AvgIpc) is 3.18. The highest BCUT2D eigenvalue weighted by atomic mass is 16.5. The van der Waals surface area contributed by atoms with Crippen molar-refractivity contribution in [2.75, 3.05) is 32.0 Å². The molecule has 0 spiro atoms. The van der Waals surface area contributed by atoms with E-state index >= 15 is 0 Å². The molecule has 5 aromatic rings. The van der Waals surface area contributed by atoms with Crippen LogP contribution >= 0.6 is 0 Å². The molecule has 0 aliphatic carbocycles. The minimum absolute atomic E-state index is 0.442. The number of hydrogen-bond donors (Lipinski definition) is 2. The van der Waals surface area contributed by atoms with Gasteiger partial charge in [-0.1, -0.05) is 49.0 Å². The maximum Gasteiger partial charge on any atom is 0.240 e. The number of imidazole rings is 1. The SMILES string of the molecule is C=CC(N)=O.Nc1ncccc1-c1nc2ccc(-c3ccccc3)nc2n1-c1ccc(CN2CCCOCC2)cc1. The summed E-state index contributed by atoms with van der Waals surface area (Å²) in [7, 11) is 0. The van der Waals surface area contributed by atoms with Crippen LogP contribution in [0.25, 0.3) is 39.5 Å². The molecule has 0 unspecified atom stereocenters. The molecule has 41 heavy (non-hydrogen) atoms. The van der Waals surface area contributed by atoms with Crippen LogP contribution in [0.3, 0.4) is 0 Å². The molecule has 4 N–H and O–H groups in total. The number of nitrogens with zero attached hydrogens (tertiary/aromatic N) is 5. The maximum absolute atomic E-state index is 9.47. The van der Waals surface area contributed by atoms with E-state index in [1.807, 2.05) is 42.5 Å². The summed E-state index contributed by atoms with van der Waals surface area (Å²) in [5, 5.41) is 0. The highest BCUT2D eigenvalue weighted by Crippen LogP contribution is 2.31. The van der Waals surface area contributed by atoms with Gasteiger partial charge in [-0.15, -0.1) is 0 Å². The largest absolute Gasteiger partial charge is 0.383 e. The van der Waals surface area contributed by atoms with Gasteiger partial charge in [0, 0.05) is 43.7 Å². The van der Waals surface area contributed by atoms with Gasteiger partial charge >= 0.3 is 0 Å². The molecule has 0 bridgehead atoms. The van der Waals surface area contributed by atoms with Crippen LogP contribution in [0.4, 0.5) is 5.82 Å². The van der Waals surface area contributed by atoms with Crippen molar-refractivity contribution in [1.29, 1.82) is 0 Å². The molecule has 2 aromatic carbocycles. The summed E-state index contributed by atoms with van der Waals surface area (Å²) >= 11 is 0. The highest BCUT2D eigenvalue weighted by molar-refractivity contribution is 5.85. The molecule has 0 radical (unpaired) electrons. The van der Waals surface area contributed by atoms with Gasteiger partial charge in [0.25, 0.3) is 0 Å². The summed E-state index contributed by atoms with van der Waals surface area (Å²) in [4.78, 5) is 26.2. The predicted molar refractivity (Wildman–Crippen MR) is 162 cm³/mol. The van der Waals surface area contributed by atoms with Gasteiger partial charge in [-0.25, -0.2) is 15.0 Å². The molecule has 1 amide bonds. The van der Waals surface area contributed by atoms with Crippen LogP contribution in [0.15, 0.2) is 97.7 Å². The van der Waals surface area contributed by atoms with Gasteiger partial charge in [0.2, 0.25) is 5.91 Å². The normalized spacial score (nSPS) is 13.7. The molecule has 4 heterocycles. The van der Waals surface area contributed by atoms with Crippen molar-refractivity contribution in [2.24, 2.45) is 5.73 Å². The van der Waals surface area contributed by atoms with E-state index in [0.717, 1.165) is 84.8 Å². The molecule has 9 nitrogen and oxygen atoms in total. The molecule has 1 aliphatic heterocycles. The van der Waals surface area contributed by atoms with Crippen LogP contribution in [0, 0.1) is 0 Å². The lowest BCUT2D eigenvalue weighted by Crippen LogP contribution is -2.25. The van der Waals surface area contributed by atoms with E-state index in [0.29, 0.717) is 5.82 Å². The van der Waals surface area contributed by atoms with Crippen LogP contribution in [-0.2, 0) is 16.1 Å². The minimum atomic E-state index is -0.481. The zero-order valence-corrected chi connectivity index (χ0v) is 22.8. The lowest BCUT2D eigenvalue weighted by atomic mass is 10.1. The second kappa shape index (κ2) is 13.0. The predicted octanol–water partition coefficient (Wildman–Crippen LogP) is 4.61. The summed E-state index contributed by atoms with van der Waals surface area (Å²) < 4.78 is 7.69. The quantitative estimate of drug-likeness (QED) is 0.297. The number of carbonyl (C=O) groups excluding carboxylic acids is 1. The van der Waals surface area contributed by atoms with E-state index in [-0.39, 0.29) is 0 Å². The third kappa shape index (κ3) is 6.66. The van der Waals surface area contributed by atoms with Crippen molar-refractivity contribution >= 4 is 22.9 Å². The standard InChI is InChI=1S/C29H28N6O.C3H5NO/c30-27-24(8-4-15-31-27)28-33-26-14-13-25(22-6-2-1-3-7-22)32-29(26)35(28)23-11-9-21(10-12-23)20-34-16-5-18-36-19-17-34;1-2-3(4)5/h1-4,6-15H,5,16-20H2,(H2,30,31);2H,1H2,(H2,4,5). The molecule has 1 fully saturated rings. The summed E-state index contributed by atoms with van der Waals surface area (Å²) in [5.41, 5.74) is 17.4. The van der Waals surface area contributed by atoms with E-state index in [4.69, 9.17) is 20.4 Å². The van der Waals surface area contributed by atoms with Gasteiger partial charge in [-0.2, -0.15) is 0 Å². The van der Waals surface area contributed by atoms with Crippen LogP contribution in [0.2, 0.25) is 0 Å². The van der Waals surface area contributed by atoms with Gasteiger partial charge in [0.15, 0.2) is 11.5 Å².